The predicted octanol–water partition coefficient (Wildman–Crippen LogP) is 0.624. The number of carbonyl (C=O) groups is 2. The average molecular weight is 254 g/mol. The zero-order valence-electron chi connectivity index (χ0n) is 9.91. The van der Waals surface area contributed by atoms with Gasteiger partial charge in [-0.2, -0.15) is 0 Å². The largest absolute Gasteiger partial charge is 0.478 e. The van der Waals surface area contributed by atoms with Crippen LogP contribution in [0.2, 0.25) is 0 Å². The second-order valence-electron chi connectivity index (χ2n) is 3.94. The number of carboxylic acids is 1. The second kappa shape index (κ2) is 5.26. The highest BCUT2D eigenvalue weighted by Gasteiger charge is 2.22. The number of carboxylic acid groups (broad SMARTS) is 1. The molecule has 1 rings (SSSR count). The molecular formula is C12H14O6. The molecule has 0 aliphatic heterocycles. The molecule has 0 heterocycles. The van der Waals surface area contributed by atoms with Gasteiger partial charge in [0.1, 0.15) is 0 Å². The lowest BCUT2D eigenvalue weighted by atomic mass is 9.93. The quantitative estimate of drug-likeness (QED) is 0.462. The number of Topliss-reactive ketones (excluding diaryl/α,β-unsaturated/α-hetero) is 1. The van der Waals surface area contributed by atoms with E-state index in [0.717, 1.165) is 12.1 Å². The van der Waals surface area contributed by atoms with Crippen LogP contribution in [0.1, 0.15) is 58.1 Å². The number of aliphatic hydroxyl groups is 3. The molecule has 0 aliphatic carbocycles. The van der Waals surface area contributed by atoms with Crippen molar-refractivity contribution in [2.45, 2.75) is 26.2 Å². The number of hydrogen-bond donors (Lipinski definition) is 4. The minimum absolute atomic E-state index is 0.0237. The highest BCUT2D eigenvalue weighted by molar-refractivity contribution is 5.99. The molecule has 0 radical (unpaired) electrons. The van der Waals surface area contributed by atoms with E-state index in [9.17, 15) is 14.7 Å². The van der Waals surface area contributed by atoms with Crippen LogP contribution in [-0.2, 0) is 0 Å². The fourth-order valence-electron chi connectivity index (χ4n) is 1.68. The summed E-state index contributed by atoms with van der Waals surface area (Å²) in [7, 11) is 0. The van der Waals surface area contributed by atoms with Crippen molar-refractivity contribution in [3.8, 4) is 0 Å². The van der Waals surface area contributed by atoms with Crippen LogP contribution >= 0.6 is 0 Å². The van der Waals surface area contributed by atoms with Crippen LogP contribution in [0.15, 0.2) is 12.1 Å². The van der Waals surface area contributed by atoms with Crippen LogP contribution in [0.3, 0.4) is 0 Å². The first-order valence-electron chi connectivity index (χ1n) is 5.22. The number of ketones is 1. The van der Waals surface area contributed by atoms with Crippen molar-refractivity contribution in [2.75, 3.05) is 0 Å². The third-order valence-electron chi connectivity index (χ3n) is 2.56. The molecule has 6 heteroatoms. The Labute approximate surface area is 103 Å². The van der Waals surface area contributed by atoms with E-state index < -0.39 is 24.1 Å². The van der Waals surface area contributed by atoms with E-state index in [2.05, 4.69) is 0 Å². The van der Waals surface area contributed by atoms with E-state index in [4.69, 9.17) is 15.3 Å². The first kappa shape index (κ1) is 14.3. The summed E-state index contributed by atoms with van der Waals surface area (Å²) >= 11 is 0. The van der Waals surface area contributed by atoms with E-state index in [1.54, 1.807) is 0 Å². The van der Waals surface area contributed by atoms with Crippen LogP contribution in [0.4, 0.5) is 0 Å². The van der Waals surface area contributed by atoms with Crippen molar-refractivity contribution in [1.82, 2.24) is 0 Å². The topological polar surface area (TPSA) is 115 Å². The summed E-state index contributed by atoms with van der Waals surface area (Å²) < 4.78 is 0. The third kappa shape index (κ3) is 2.73. The molecule has 1 aromatic rings. The molecule has 0 spiro atoms. The molecule has 0 amide bonds. The average Bonchev–Trinajstić information content (AvgIpc) is 2.26. The molecule has 0 saturated heterocycles. The van der Waals surface area contributed by atoms with E-state index in [-0.39, 0.29) is 22.3 Å². The SMILES string of the molecule is CC(=O)c1cc(C(=O)O)c(C(C)O)cc1C(O)O. The molecule has 6 nitrogen and oxygen atoms in total. The van der Waals surface area contributed by atoms with Crippen LogP contribution in [0.25, 0.3) is 0 Å². The van der Waals surface area contributed by atoms with Gasteiger partial charge in [0.2, 0.25) is 0 Å². The van der Waals surface area contributed by atoms with Gasteiger partial charge in [0, 0.05) is 11.1 Å². The second-order valence-corrected chi connectivity index (χ2v) is 3.94. The zero-order valence-corrected chi connectivity index (χ0v) is 9.91. The molecule has 1 atom stereocenters. The first-order valence-corrected chi connectivity index (χ1v) is 5.22. The normalized spacial score (nSPS) is 12.6. The molecule has 1 aromatic carbocycles. The van der Waals surface area contributed by atoms with Gasteiger partial charge in [0.25, 0.3) is 0 Å². The van der Waals surface area contributed by atoms with Crippen molar-refractivity contribution in [1.29, 1.82) is 0 Å². The molecule has 0 bridgehead atoms. The number of aromatic carboxylic acids is 1. The Hall–Kier alpha value is -1.76. The van der Waals surface area contributed by atoms with Crippen molar-refractivity contribution in [3.63, 3.8) is 0 Å². The minimum atomic E-state index is -1.91. The third-order valence-corrected chi connectivity index (χ3v) is 2.56. The molecule has 0 saturated carbocycles. The summed E-state index contributed by atoms with van der Waals surface area (Å²) in [5.41, 5.74) is -0.426. The lowest BCUT2D eigenvalue weighted by molar-refractivity contribution is -0.0430. The summed E-state index contributed by atoms with van der Waals surface area (Å²) in [4.78, 5) is 22.4. The molecule has 0 fully saturated rings. The Bertz CT molecular complexity index is 448. The summed E-state index contributed by atoms with van der Waals surface area (Å²) in [5.74, 6) is -1.79. The van der Waals surface area contributed by atoms with Crippen molar-refractivity contribution >= 4 is 11.8 Å². The molecule has 1 unspecified atom stereocenters. The molecule has 0 aliphatic rings. The maximum Gasteiger partial charge on any atom is 0.336 e. The van der Waals surface area contributed by atoms with E-state index in [1.807, 2.05) is 0 Å². The Balaban J connectivity index is 3.60. The van der Waals surface area contributed by atoms with Gasteiger partial charge in [-0.25, -0.2) is 4.79 Å². The Morgan fingerprint density at radius 1 is 1.06 bits per heavy atom. The molecular weight excluding hydrogens is 240 g/mol. The summed E-state index contributed by atoms with van der Waals surface area (Å²) in [5, 5.41) is 36.8. The zero-order chi connectivity index (χ0) is 14.0. The van der Waals surface area contributed by atoms with Gasteiger partial charge in [-0.15, -0.1) is 0 Å². The van der Waals surface area contributed by atoms with Crippen LogP contribution < -0.4 is 0 Å². The summed E-state index contributed by atoms with van der Waals surface area (Å²) in [6.45, 7) is 2.54. The monoisotopic (exact) mass is 254 g/mol. The maximum atomic E-state index is 11.3. The fourth-order valence-corrected chi connectivity index (χ4v) is 1.68. The number of carbonyl (C=O) groups excluding carboxylic acids is 1. The summed E-state index contributed by atoms with van der Waals surface area (Å²) in [6, 6.07) is 2.16. The van der Waals surface area contributed by atoms with Crippen molar-refractivity contribution in [3.05, 3.63) is 34.4 Å². The van der Waals surface area contributed by atoms with Crippen molar-refractivity contribution < 1.29 is 30.0 Å². The van der Waals surface area contributed by atoms with Crippen molar-refractivity contribution in [2.24, 2.45) is 0 Å². The highest BCUT2D eigenvalue weighted by atomic mass is 16.5. The standard InChI is InChI=1S/C12H14O6/c1-5(13)7-3-10(12(17)18)8(6(2)14)4-9(7)11(15)16/h3-5,12-13,17-18H,1-2H3,(H,15,16). The first-order chi connectivity index (χ1) is 8.25. The van der Waals surface area contributed by atoms with E-state index >= 15 is 0 Å². The van der Waals surface area contributed by atoms with Gasteiger partial charge in [0.05, 0.1) is 11.7 Å². The number of benzene rings is 1. The van der Waals surface area contributed by atoms with Gasteiger partial charge in [0.15, 0.2) is 12.1 Å². The van der Waals surface area contributed by atoms with Crippen LogP contribution in [0.5, 0.6) is 0 Å². The van der Waals surface area contributed by atoms with Gasteiger partial charge in [-0.05, 0) is 31.5 Å². The van der Waals surface area contributed by atoms with Gasteiger partial charge < -0.3 is 20.4 Å². The molecule has 18 heavy (non-hydrogen) atoms. The number of hydrogen-bond acceptors (Lipinski definition) is 5. The van der Waals surface area contributed by atoms with Crippen LogP contribution in [-0.4, -0.2) is 32.2 Å². The predicted molar refractivity (Wildman–Crippen MR) is 61.2 cm³/mol. The smallest absolute Gasteiger partial charge is 0.336 e. The van der Waals surface area contributed by atoms with E-state index in [1.165, 1.54) is 13.8 Å². The molecule has 0 aromatic heterocycles. The molecule has 4 N–H and O–H groups in total. The lowest BCUT2D eigenvalue weighted by Gasteiger charge is -2.15. The Morgan fingerprint density at radius 3 is 1.94 bits per heavy atom. The van der Waals surface area contributed by atoms with Gasteiger partial charge in [-0.1, -0.05) is 0 Å². The minimum Gasteiger partial charge on any atom is -0.478 e. The maximum absolute atomic E-state index is 11.3. The lowest BCUT2D eigenvalue weighted by Crippen LogP contribution is -2.12. The number of rotatable bonds is 4. The Morgan fingerprint density at radius 2 is 1.61 bits per heavy atom. The van der Waals surface area contributed by atoms with E-state index in [0.29, 0.717) is 0 Å². The Kier molecular flexibility index (Phi) is 4.18. The fraction of sp³-hybridized carbons (Fsp3) is 0.333. The van der Waals surface area contributed by atoms with Crippen LogP contribution in [0, 0.1) is 0 Å². The van der Waals surface area contributed by atoms with Gasteiger partial charge >= 0.3 is 5.97 Å². The summed E-state index contributed by atoms with van der Waals surface area (Å²) in [6.07, 6.45) is -3.01. The van der Waals surface area contributed by atoms with Gasteiger partial charge in [-0.3, -0.25) is 4.79 Å². The molecule has 98 valence electrons. The number of aliphatic hydroxyl groups excluding tert-OH is 2. The highest BCUT2D eigenvalue weighted by Crippen LogP contribution is 2.26.